The number of hydrogen-bond donors (Lipinski definition) is 1. The van der Waals surface area contributed by atoms with Crippen molar-refractivity contribution in [2.24, 2.45) is 0 Å². The van der Waals surface area contributed by atoms with Crippen molar-refractivity contribution >= 4 is 16.9 Å². The Balaban J connectivity index is 1.51. The molecule has 1 N–H and O–H groups in total. The van der Waals surface area contributed by atoms with Gasteiger partial charge < -0.3 is 14.5 Å². The van der Waals surface area contributed by atoms with E-state index in [1.54, 1.807) is 6.07 Å². The molecule has 28 heavy (non-hydrogen) atoms. The van der Waals surface area contributed by atoms with Crippen LogP contribution in [0.2, 0.25) is 0 Å². The minimum Gasteiger partial charge on any atom is -0.489 e. The molecule has 0 spiro atoms. The van der Waals surface area contributed by atoms with Crippen LogP contribution in [0, 0.1) is 0 Å². The molecule has 4 rings (SSSR count). The van der Waals surface area contributed by atoms with E-state index in [1.807, 2.05) is 66.9 Å². The number of rotatable bonds is 6. The van der Waals surface area contributed by atoms with Crippen LogP contribution in [0.4, 0.5) is 0 Å². The lowest BCUT2D eigenvalue weighted by atomic mass is 10.0. The van der Waals surface area contributed by atoms with Crippen molar-refractivity contribution in [1.82, 2.24) is 4.98 Å². The maximum Gasteiger partial charge on any atom is 0.337 e. The van der Waals surface area contributed by atoms with E-state index in [9.17, 15) is 4.79 Å². The molecule has 1 heterocycles. The van der Waals surface area contributed by atoms with E-state index < -0.39 is 0 Å². The monoisotopic (exact) mass is 371 g/mol. The topological polar surface area (TPSA) is 51.3 Å². The molecular formula is C24H21NO3. The number of hydrogen-bond acceptors (Lipinski definition) is 3. The summed E-state index contributed by atoms with van der Waals surface area (Å²) < 4.78 is 10.7. The van der Waals surface area contributed by atoms with Gasteiger partial charge in [-0.1, -0.05) is 42.5 Å². The van der Waals surface area contributed by atoms with Gasteiger partial charge in [0.2, 0.25) is 0 Å². The zero-order valence-corrected chi connectivity index (χ0v) is 15.6. The average Bonchev–Trinajstić information content (AvgIpc) is 3.14. The third-order valence-electron chi connectivity index (χ3n) is 4.73. The number of carbonyl (C=O) groups is 1. The van der Waals surface area contributed by atoms with E-state index in [1.165, 1.54) is 12.7 Å². The van der Waals surface area contributed by atoms with Gasteiger partial charge in [0.25, 0.3) is 0 Å². The van der Waals surface area contributed by atoms with Crippen LogP contribution in [-0.2, 0) is 17.8 Å². The largest absolute Gasteiger partial charge is 0.489 e. The molecule has 3 aromatic carbocycles. The molecule has 0 aliphatic rings. The second-order valence-corrected chi connectivity index (χ2v) is 6.66. The highest BCUT2D eigenvalue weighted by molar-refractivity contribution is 5.89. The fourth-order valence-corrected chi connectivity index (χ4v) is 3.29. The number of methoxy groups -OCH3 is 1. The molecule has 0 saturated carbocycles. The first-order valence-electron chi connectivity index (χ1n) is 9.17. The Morgan fingerprint density at radius 1 is 0.929 bits per heavy atom. The van der Waals surface area contributed by atoms with Gasteiger partial charge in [-0.2, -0.15) is 0 Å². The van der Waals surface area contributed by atoms with E-state index in [0.29, 0.717) is 12.2 Å². The van der Waals surface area contributed by atoms with Gasteiger partial charge >= 0.3 is 5.97 Å². The molecule has 4 heteroatoms. The summed E-state index contributed by atoms with van der Waals surface area (Å²) in [5, 5.41) is 1.15. The number of ether oxygens (including phenoxy) is 2. The van der Waals surface area contributed by atoms with Crippen LogP contribution in [0.25, 0.3) is 10.9 Å². The standard InChI is InChI=1S/C24H21NO3/c1-27-24(26)19-9-5-8-18(12-19)13-20-15-25-23-14-21(10-11-22(20)23)28-16-17-6-3-2-4-7-17/h2-12,14-15,25H,13,16H2,1H3. The molecule has 0 atom stereocenters. The second kappa shape index (κ2) is 8.01. The maximum absolute atomic E-state index is 11.7. The van der Waals surface area contributed by atoms with Crippen LogP contribution >= 0.6 is 0 Å². The summed E-state index contributed by atoms with van der Waals surface area (Å²) in [6, 6.07) is 23.7. The Bertz CT molecular complexity index is 1100. The molecule has 0 fully saturated rings. The van der Waals surface area contributed by atoms with Crippen LogP contribution in [0.3, 0.4) is 0 Å². The van der Waals surface area contributed by atoms with E-state index in [-0.39, 0.29) is 5.97 Å². The normalized spacial score (nSPS) is 10.8. The first-order valence-corrected chi connectivity index (χ1v) is 9.17. The van der Waals surface area contributed by atoms with Crippen LogP contribution in [-0.4, -0.2) is 18.1 Å². The lowest BCUT2D eigenvalue weighted by molar-refractivity contribution is 0.0600. The van der Waals surface area contributed by atoms with Gasteiger partial charge in [-0.25, -0.2) is 4.79 Å². The molecule has 0 saturated heterocycles. The molecule has 140 valence electrons. The number of aromatic amines is 1. The van der Waals surface area contributed by atoms with Crippen molar-refractivity contribution in [3.05, 3.63) is 101 Å². The van der Waals surface area contributed by atoms with Gasteiger partial charge in [0.15, 0.2) is 0 Å². The Kier molecular flexibility index (Phi) is 5.11. The lowest BCUT2D eigenvalue weighted by Gasteiger charge is -2.07. The molecular weight excluding hydrogens is 350 g/mol. The summed E-state index contributed by atoms with van der Waals surface area (Å²) in [6.45, 7) is 0.542. The minimum atomic E-state index is -0.319. The summed E-state index contributed by atoms with van der Waals surface area (Å²) in [7, 11) is 1.39. The van der Waals surface area contributed by atoms with E-state index in [4.69, 9.17) is 9.47 Å². The van der Waals surface area contributed by atoms with Gasteiger partial charge in [-0.15, -0.1) is 0 Å². The molecule has 0 amide bonds. The highest BCUT2D eigenvalue weighted by Gasteiger charge is 2.09. The van der Waals surface area contributed by atoms with Gasteiger partial charge in [0.05, 0.1) is 12.7 Å². The molecule has 0 aliphatic carbocycles. The fourth-order valence-electron chi connectivity index (χ4n) is 3.29. The smallest absolute Gasteiger partial charge is 0.337 e. The quantitative estimate of drug-likeness (QED) is 0.478. The molecule has 0 radical (unpaired) electrons. The Morgan fingerprint density at radius 2 is 1.75 bits per heavy atom. The first kappa shape index (κ1) is 17.9. The zero-order valence-electron chi connectivity index (χ0n) is 15.6. The number of fused-ring (bicyclic) bond motifs is 1. The number of aromatic nitrogens is 1. The molecule has 0 aliphatic heterocycles. The highest BCUT2D eigenvalue weighted by Crippen LogP contribution is 2.26. The number of nitrogens with one attached hydrogen (secondary N) is 1. The van der Waals surface area contributed by atoms with Crippen molar-refractivity contribution in [1.29, 1.82) is 0 Å². The van der Waals surface area contributed by atoms with Crippen LogP contribution < -0.4 is 4.74 Å². The summed E-state index contributed by atoms with van der Waals surface area (Å²) >= 11 is 0. The predicted octanol–water partition coefficient (Wildman–Crippen LogP) is 5.12. The summed E-state index contributed by atoms with van der Waals surface area (Å²) in [6.07, 6.45) is 2.74. The van der Waals surface area contributed by atoms with Crippen molar-refractivity contribution in [3.8, 4) is 5.75 Å². The molecule has 0 bridgehead atoms. The SMILES string of the molecule is COC(=O)c1cccc(Cc2c[nH]c3cc(OCc4ccccc4)ccc23)c1. The first-order chi connectivity index (χ1) is 13.7. The van der Waals surface area contributed by atoms with Crippen molar-refractivity contribution in [2.75, 3.05) is 7.11 Å². The summed E-state index contributed by atoms with van der Waals surface area (Å²) in [5.74, 6) is 0.512. The molecule has 0 unspecified atom stereocenters. The molecule has 1 aromatic heterocycles. The van der Waals surface area contributed by atoms with Gasteiger partial charge in [0.1, 0.15) is 12.4 Å². The number of esters is 1. The second-order valence-electron chi connectivity index (χ2n) is 6.66. The predicted molar refractivity (Wildman–Crippen MR) is 110 cm³/mol. The Hall–Kier alpha value is -3.53. The molecule has 4 aromatic rings. The van der Waals surface area contributed by atoms with Crippen molar-refractivity contribution in [3.63, 3.8) is 0 Å². The van der Waals surface area contributed by atoms with Gasteiger partial charge in [-0.05, 0) is 47.4 Å². The van der Waals surface area contributed by atoms with Gasteiger partial charge in [-0.3, -0.25) is 0 Å². The van der Waals surface area contributed by atoms with E-state index >= 15 is 0 Å². The third-order valence-corrected chi connectivity index (χ3v) is 4.73. The number of benzene rings is 3. The van der Waals surface area contributed by atoms with E-state index in [0.717, 1.165) is 34.2 Å². The lowest BCUT2D eigenvalue weighted by Crippen LogP contribution is -2.01. The zero-order chi connectivity index (χ0) is 19.3. The van der Waals surface area contributed by atoms with Crippen LogP contribution in [0.5, 0.6) is 5.75 Å². The minimum absolute atomic E-state index is 0.319. The van der Waals surface area contributed by atoms with E-state index in [2.05, 4.69) is 11.1 Å². The van der Waals surface area contributed by atoms with Crippen molar-refractivity contribution < 1.29 is 14.3 Å². The molecule has 4 nitrogen and oxygen atoms in total. The third kappa shape index (κ3) is 3.91. The Morgan fingerprint density at radius 3 is 2.57 bits per heavy atom. The number of H-pyrrole nitrogens is 1. The van der Waals surface area contributed by atoms with Gasteiger partial charge in [0, 0.05) is 23.2 Å². The summed E-state index contributed by atoms with van der Waals surface area (Å²) in [4.78, 5) is 15.1. The Labute approximate surface area is 163 Å². The van der Waals surface area contributed by atoms with Crippen molar-refractivity contribution in [2.45, 2.75) is 13.0 Å². The highest BCUT2D eigenvalue weighted by atomic mass is 16.5. The van der Waals surface area contributed by atoms with Crippen LogP contribution in [0.1, 0.15) is 27.0 Å². The average molecular weight is 371 g/mol. The fraction of sp³-hybridized carbons (Fsp3) is 0.125. The number of carbonyl (C=O) groups excluding carboxylic acids is 1. The maximum atomic E-state index is 11.7. The van der Waals surface area contributed by atoms with Crippen LogP contribution in [0.15, 0.2) is 79.0 Å². The summed E-state index contributed by atoms with van der Waals surface area (Å²) in [5.41, 5.74) is 4.97.